The number of nitro benzene ring substituents is 1. The first-order chi connectivity index (χ1) is 14.4. The largest absolute Gasteiger partial charge is 0.269 e. The van der Waals surface area contributed by atoms with Crippen LogP contribution in [0.15, 0.2) is 35.7 Å². The molecule has 0 aliphatic heterocycles. The first kappa shape index (κ1) is 20.4. The van der Waals surface area contributed by atoms with Crippen molar-refractivity contribution in [3.05, 3.63) is 56.7 Å². The molecule has 1 unspecified atom stereocenters. The second-order valence-corrected chi connectivity index (χ2v) is 9.49. The molecule has 3 aromatic rings. The molecule has 1 N–H and O–H groups in total. The van der Waals surface area contributed by atoms with E-state index in [1.165, 1.54) is 29.0 Å². The van der Waals surface area contributed by atoms with Crippen LogP contribution in [-0.2, 0) is 12.8 Å². The lowest BCUT2D eigenvalue weighted by atomic mass is 9.69. The van der Waals surface area contributed by atoms with Crippen molar-refractivity contribution in [1.29, 1.82) is 0 Å². The van der Waals surface area contributed by atoms with E-state index in [0.29, 0.717) is 17.2 Å². The Morgan fingerprint density at radius 1 is 1.33 bits per heavy atom. The van der Waals surface area contributed by atoms with Crippen LogP contribution in [0, 0.1) is 21.4 Å². The summed E-state index contributed by atoms with van der Waals surface area (Å²) in [6.07, 6.45) is 7.73. The van der Waals surface area contributed by atoms with Gasteiger partial charge in [-0.1, -0.05) is 27.2 Å². The Morgan fingerprint density at radius 2 is 2.10 bits per heavy atom. The van der Waals surface area contributed by atoms with E-state index in [1.54, 1.807) is 36.0 Å². The fourth-order valence-corrected chi connectivity index (χ4v) is 5.18. The molecule has 0 saturated heterocycles. The van der Waals surface area contributed by atoms with Gasteiger partial charge >= 0.3 is 0 Å². The molecule has 156 valence electrons. The molecule has 8 heteroatoms. The van der Waals surface area contributed by atoms with Gasteiger partial charge in [0, 0.05) is 17.0 Å². The molecular weight excluding hydrogens is 398 g/mol. The maximum absolute atomic E-state index is 10.8. The van der Waals surface area contributed by atoms with Gasteiger partial charge in [-0.05, 0) is 53.9 Å². The summed E-state index contributed by atoms with van der Waals surface area (Å²) in [6.45, 7) is 6.99. The first-order valence-corrected chi connectivity index (χ1v) is 11.0. The number of hydrogen-bond donors (Lipinski definition) is 1. The maximum atomic E-state index is 10.8. The molecule has 0 spiro atoms. The van der Waals surface area contributed by atoms with E-state index in [-0.39, 0.29) is 5.69 Å². The lowest BCUT2D eigenvalue weighted by molar-refractivity contribution is -0.384. The van der Waals surface area contributed by atoms with Crippen LogP contribution >= 0.6 is 11.3 Å². The number of anilines is 1. The quantitative estimate of drug-likeness (QED) is 0.317. The summed E-state index contributed by atoms with van der Waals surface area (Å²) in [6, 6.07) is 6.27. The SMILES string of the molecule is CCC(C)(C)C1CCc2sc3ncnc(NN=Cc4ccc([N+](=O)[O-])cc4)c3c2C1. The Balaban J connectivity index is 1.59. The van der Waals surface area contributed by atoms with Crippen LogP contribution in [0.1, 0.15) is 49.6 Å². The minimum atomic E-state index is -0.413. The fourth-order valence-electron chi connectivity index (χ4n) is 4.00. The molecule has 1 atom stereocenters. The van der Waals surface area contributed by atoms with Gasteiger partial charge in [-0.15, -0.1) is 11.3 Å². The zero-order chi connectivity index (χ0) is 21.3. The van der Waals surface area contributed by atoms with Crippen LogP contribution < -0.4 is 5.43 Å². The lowest BCUT2D eigenvalue weighted by Crippen LogP contribution is -2.28. The standard InChI is InChI=1S/C22H25N5O2S/c1-4-22(2,3)15-7-10-18-17(11-15)19-20(23-13-24-21(19)30-18)26-25-12-14-5-8-16(9-6-14)27(28)29/h5-6,8-9,12-13,15H,4,7,10-11H2,1-3H3,(H,23,24,26). The monoisotopic (exact) mass is 423 g/mol. The molecular formula is C22H25N5O2S. The van der Waals surface area contributed by atoms with Crippen molar-refractivity contribution < 1.29 is 4.92 Å². The summed E-state index contributed by atoms with van der Waals surface area (Å²) in [5, 5.41) is 16.2. The number of rotatable bonds is 6. The van der Waals surface area contributed by atoms with Gasteiger partial charge in [0.15, 0.2) is 5.82 Å². The fraction of sp³-hybridized carbons (Fsp3) is 0.409. The van der Waals surface area contributed by atoms with Crippen LogP contribution in [-0.4, -0.2) is 21.1 Å². The maximum Gasteiger partial charge on any atom is 0.269 e. The van der Waals surface area contributed by atoms with Gasteiger partial charge in [0.1, 0.15) is 11.2 Å². The highest BCUT2D eigenvalue weighted by Crippen LogP contribution is 2.45. The van der Waals surface area contributed by atoms with E-state index >= 15 is 0 Å². The zero-order valence-electron chi connectivity index (χ0n) is 17.4. The molecule has 2 aromatic heterocycles. The molecule has 2 heterocycles. The molecule has 0 amide bonds. The summed E-state index contributed by atoms with van der Waals surface area (Å²) in [7, 11) is 0. The number of benzene rings is 1. The molecule has 0 radical (unpaired) electrons. The number of nitrogens with one attached hydrogen (secondary N) is 1. The minimum absolute atomic E-state index is 0.0621. The normalized spacial score (nSPS) is 16.7. The number of thiophene rings is 1. The van der Waals surface area contributed by atoms with Crippen molar-refractivity contribution in [1.82, 2.24) is 9.97 Å². The summed E-state index contributed by atoms with van der Waals surface area (Å²) in [5.41, 5.74) is 5.58. The van der Waals surface area contributed by atoms with E-state index < -0.39 is 4.92 Å². The van der Waals surface area contributed by atoms with E-state index in [9.17, 15) is 10.1 Å². The van der Waals surface area contributed by atoms with Crippen LogP contribution in [0.25, 0.3) is 10.2 Å². The molecule has 0 fully saturated rings. The molecule has 0 saturated carbocycles. The Bertz CT molecular complexity index is 1100. The van der Waals surface area contributed by atoms with Crippen LogP contribution in [0.5, 0.6) is 0 Å². The summed E-state index contributed by atoms with van der Waals surface area (Å²) < 4.78 is 0. The number of fused-ring (bicyclic) bond motifs is 3. The summed E-state index contributed by atoms with van der Waals surface area (Å²) >= 11 is 1.76. The smallest absolute Gasteiger partial charge is 0.261 e. The van der Waals surface area contributed by atoms with Gasteiger partial charge in [-0.25, -0.2) is 9.97 Å². The Hall–Kier alpha value is -2.87. The lowest BCUT2D eigenvalue weighted by Gasteiger charge is -2.36. The van der Waals surface area contributed by atoms with Gasteiger partial charge in [-0.3, -0.25) is 15.5 Å². The first-order valence-electron chi connectivity index (χ1n) is 10.2. The third-order valence-corrected chi connectivity index (χ3v) is 7.55. The highest BCUT2D eigenvalue weighted by molar-refractivity contribution is 7.19. The minimum Gasteiger partial charge on any atom is -0.261 e. The number of nitrogens with zero attached hydrogens (tertiary/aromatic N) is 4. The molecule has 1 aliphatic rings. The summed E-state index contributed by atoms with van der Waals surface area (Å²) in [5.74, 6) is 1.36. The van der Waals surface area contributed by atoms with Gasteiger partial charge < -0.3 is 0 Å². The number of non-ortho nitro benzene ring substituents is 1. The van der Waals surface area contributed by atoms with Gasteiger partial charge in [-0.2, -0.15) is 5.10 Å². The molecule has 4 rings (SSSR count). The van der Waals surface area contributed by atoms with Gasteiger partial charge in [0.25, 0.3) is 5.69 Å². The summed E-state index contributed by atoms with van der Waals surface area (Å²) in [4.78, 5) is 21.7. The van der Waals surface area contributed by atoms with Crippen molar-refractivity contribution in [2.45, 2.75) is 46.5 Å². The van der Waals surface area contributed by atoms with Crippen LogP contribution in [0.4, 0.5) is 11.5 Å². The molecule has 1 aliphatic carbocycles. The third-order valence-electron chi connectivity index (χ3n) is 6.35. The van der Waals surface area contributed by atoms with Gasteiger partial charge in [0.2, 0.25) is 0 Å². The number of aromatic nitrogens is 2. The predicted molar refractivity (Wildman–Crippen MR) is 121 cm³/mol. The number of hydrazone groups is 1. The van der Waals surface area contributed by atoms with Gasteiger partial charge in [0.05, 0.1) is 16.5 Å². The number of nitro groups is 1. The van der Waals surface area contributed by atoms with Crippen molar-refractivity contribution in [3.8, 4) is 0 Å². The van der Waals surface area contributed by atoms with E-state index in [4.69, 9.17) is 0 Å². The van der Waals surface area contributed by atoms with Crippen LogP contribution in [0.3, 0.4) is 0 Å². The predicted octanol–water partition coefficient (Wildman–Crippen LogP) is 5.59. The average molecular weight is 424 g/mol. The second kappa shape index (κ2) is 8.10. The molecule has 30 heavy (non-hydrogen) atoms. The van der Waals surface area contributed by atoms with Crippen LogP contribution in [0.2, 0.25) is 0 Å². The highest BCUT2D eigenvalue weighted by atomic mass is 32.1. The van der Waals surface area contributed by atoms with Crippen molar-refractivity contribution >= 4 is 39.3 Å². The average Bonchev–Trinajstić information content (AvgIpc) is 3.12. The number of hydrogen-bond acceptors (Lipinski definition) is 7. The molecule has 7 nitrogen and oxygen atoms in total. The third kappa shape index (κ3) is 3.92. The van der Waals surface area contributed by atoms with E-state index in [0.717, 1.165) is 35.0 Å². The second-order valence-electron chi connectivity index (χ2n) is 8.41. The Labute approximate surface area is 179 Å². The molecule has 1 aromatic carbocycles. The van der Waals surface area contributed by atoms with Crippen molar-refractivity contribution in [3.63, 3.8) is 0 Å². The van der Waals surface area contributed by atoms with Crippen molar-refractivity contribution in [2.75, 3.05) is 5.43 Å². The zero-order valence-corrected chi connectivity index (χ0v) is 18.2. The molecule has 0 bridgehead atoms. The van der Waals surface area contributed by atoms with E-state index in [2.05, 4.69) is 41.3 Å². The topological polar surface area (TPSA) is 93.3 Å². The highest BCUT2D eigenvalue weighted by Gasteiger charge is 2.33. The van der Waals surface area contributed by atoms with E-state index in [1.807, 2.05) is 0 Å². The Morgan fingerprint density at radius 3 is 2.80 bits per heavy atom. The Kier molecular flexibility index (Phi) is 5.51. The number of aryl methyl sites for hydroxylation is 1. The van der Waals surface area contributed by atoms with Crippen molar-refractivity contribution in [2.24, 2.45) is 16.4 Å².